The Morgan fingerprint density at radius 1 is 1.60 bits per heavy atom. The van der Waals surface area contributed by atoms with E-state index in [1.165, 1.54) is 7.11 Å². The summed E-state index contributed by atoms with van der Waals surface area (Å²) in [6.45, 7) is 0.879. The molecule has 1 N–H and O–H groups in total. The fourth-order valence-corrected chi connectivity index (χ4v) is 0.432. The number of methoxy groups -OCH3 is 1. The van der Waals surface area contributed by atoms with E-state index in [1.54, 1.807) is 7.05 Å². The number of hydrogen-bond donors (Lipinski definition) is 1. The van der Waals surface area contributed by atoms with E-state index in [-0.39, 0.29) is 5.97 Å². The van der Waals surface area contributed by atoms with Crippen LogP contribution < -0.4 is 5.32 Å². The summed E-state index contributed by atoms with van der Waals surface area (Å²) in [6, 6.07) is 0. The van der Waals surface area contributed by atoms with Crippen molar-refractivity contribution in [2.75, 3.05) is 27.5 Å². The quantitative estimate of drug-likeness (QED) is 0.331. The van der Waals surface area contributed by atoms with Crippen molar-refractivity contribution >= 4 is 5.97 Å². The Kier molecular flexibility index (Phi) is 6.11. The molecule has 0 spiro atoms. The fraction of sp³-hybridized carbons (Fsp3) is 0.833. The van der Waals surface area contributed by atoms with E-state index >= 15 is 0 Å². The number of carbonyl (C=O) groups excluding carboxylic acids is 1. The van der Waals surface area contributed by atoms with E-state index in [1.807, 2.05) is 0 Å². The maximum absolute atomic E-state index is 10.5. The molecule has 0 unspecified atom stereocenters. The van der Waals surface area contributed by atoms with Crippen LogP contribution in [-0.2, 0) is 14.3 Å². The van der Waals surface area contributed by atoms with Crippen molar-refractivity contribution in [2.24, 2.45) is 0 Å². The van der Waals surface area contributed by atoms with Crippen LogP contribution in [0.4, 0.5) is 0 Å². The van der Waals surface area contributed by atoms with Crippen molar-refractivity contribution in [1.82, 2.24) is 5.32 Å². The Morgan fingerprint density at radius 3 is 2.80 bits per heavy atom. The summed E-state index contributed by atoms with van der Waals surface area (Å²) in [7, 11) is 3.14. The molecular formula is C6H13NO3. The van der Waals surface area contributed by atoms with Gasteiger partial charge in [0.25, 0.3) is 0 Å². The molecule has 4 heteroatoms. The zero-order valence-electron chi connectivity index (χ0n) is 6.35. The molecule has 0 aliphatic heterocycles. The number of ether oxygens (including phenoxy) is 2. The lowest BCUT2D eigenvalue weighted by atomic mass is 10.5. The number of nitrogens with one attached hydrogen (secondary N) is 1. The van der Waals surface area contributed by atoms with Gasteiger partial charge in [0, 0.05) is 0 Å². The zero-order valence-corrected chi connectivity index (χ0v) is 6.35. The molecule has 0 heterocycles. The highest BCUT2D eigenvalue weighted by atomic mass is 16.5. The van der Waals surface area contributed by atoms with Gasteiger partial charge in [-0.05, 0) is 7.05 Å². The van der Waals surface area contributed by atoms with Gasteiger partial charge in [0.1, 0.15) is 0 Å². The third-order valence-corrected chi connectivity index (χ3v) is 0.925. The van der Waals surface area contributed by atoms with Gasteiger partial charge >= 0.3 is 5.97 Å². The first kappa shape index (κ1) is 9.39. The Balaban J connectivity index is 2.96. The van der Waals surface area contributed by atoms with Gasteiger partial charge in [0.2, 0.25) is 0 Å². The van der Waals surface area contributed by atoms with Crippen LogP contribution in [0.5, 0.6) is 0 Å². The summed E-state index contributed by atoms with van der Waals surface area (Å²) in [5.41, 5.74) is 0. The van der Waals surface area contributed by atoms with Crippen molar-refractivity contribution < 1.29 is 14.3 Å². The normalized spacial score (nSPS) is 9.40. The molecule has 0 fully saturated rings. The summed E-state index contributed by atoms with van der Waals surface area (Å²) in [5, 5.41) is 2.79. The molecule has 60 valence electrons. The second kappa shape index (κ2) is 6.51. The second-order valence-electron chi connectivity index (χ2n) is 1.73. The van der Waals surface area contributed by atoms with Crippen LogP contribution in [-0.4, -0.2) is 33.5 Å². The Hall–Kier alpha value is -0.610. The van der Waals surface area contributed by atoms with Gasteiger partial charge in [0.05, 0.1) is 26.9 Å². The van der Waals surface area contributed by atoms with Crippen LogP contribution in [0.15, 0.2) is 0 Å². The van der Waals surface area contributed by atoms with E-state index in [4.69, 9.17) is 4.74 Å². The predicted octanol–water partition coefficient (Wildman–Crippen LogP) is -0.257. The molecule has 0 aromatic rings. The van der Waals surface area contributed by atoms with E-state index in [0.717, 1.165) is 0 Å². The maximum atomic E-state index is 10.5. The Morgan fingerprint density at radius 2 is 2.30 bits per heavy atom. The summed E-state index contributed by atoms with van der Waals surface area (Å²) < 4.78 is 9.33. The SMILES string of the molecule is CNCOCCC(=O)OC. The molecular weight excluding hydrogens is 134 g/mol. The van der Waals surface area contributed by atoms with Gasteiger partial charge in [-0.15, -0.1) is 0 Å². The molecule has 0 aromatic carbocycles. The summed E-state index contributed by atoms with van der Waals surface area (Å²) in [6.07, 6.45) is 0.318. The van der Waals surface area contributed by atoms with Crippen molar-refractivity contribution in [3.8, 4) is 0 Å². The van der Waals surface area contributed by atoms with E-state index < -0.39 is 0 Å². The minimum atomic E-state index is -0.240. The largest absolute Gasteiger partial charge is 0.469 e. The summed E-state index contributed by atoms with van der Waals surface area (Å²) in [5.74, 6) is -0.240. The van der Waals surface area contributed by atoms with E-state index in [0.29, 0.717) is 19.8 Å². The molecule has 0 saturated heterocycles. The monoisotopic (exact) mass is 147 g/mol. The van der Waals surface area contributed by atoms with Crippen molar-refractivity contribution in [1.29, 1.82) is 0 Å². The number of rotatable bonds is 5. The fourth-order valence-electron chi connectivity index (χ4n) is 0.432. The minimum absolute atomic E-state index is 0.240. The zero-order chi connectivity index (χ0) is 7.82. The van der Waals surface area contributed by atoms with Gasteiger partial charge in [-0.2, -0.15) is 0 Å². The highest BCUT2D eigenvalue weighted by molar-refractivity contribution is 5.69. The van der Waals surface area contributed by atoms with Gasteiger partial charge in [-0.1, -0.05) is 0 Å². The third kappa shape index (κ3) is 5.53. The number of esters is 1. The molecule has 0 bridgehead atoms. The molecule has 10 heavy (non-hydrogen) atoms. The molecule has 0 rings (SSSR count). The standard InChI is InChI=1S/C6H13NO3/c1-7-5-10-4-3-6(8)9-2/h7H,3-5H2,1-2H3. The Bertz CT molecular complexity index is 95.0. The molecule has 0 amide bonds. The van der Waals surface area contributed by atoms with Crippen LogP contribution >= 0.6 is 0 Å². The van der Waals surface area contributed by atoms with Gasteiger partial charge in [0.15, 0.2) is 0 Å². The predicted molar refractivity (Wildman–Crippen MR) is 36.5 cm³/mol. The molecule has 0 aliphatic carbocycles. The summed E-state index contributed by atoms with van der Waals surface area (Å²) >= 11 is 0. The minimum Gasteiger partial charge on any atom is -0.469 e. The van der Waals surface area contributed by atoms with Crippen molar-refractivity contribution in [3.05, 3.63) is 0 Å². The van der Waals surface area contributed by atoms with Crippen molar-refractivity contribution in [2.45, 2.75) is 6.42 Å². The van der Waals surface area contributed by atoms with E-state index in [2.05, 4.69) is 10.1 Å². The van der Waals surface area contributed by atoms with Crippen LogP contribution in [0.3, 0.4) is 0 Å². The average Bonchev–Trinajstić information content (AvgIpc) is 1.98. The van der Waals surface area contributed by atoms with Gasteiger partial charge in [-0.25, -0.2) is 0 Å². The molecule has 0 radical (unpaired) electrons. The topological polar surface area (TPSA) is 47.6 Å². The molecule has 4 nitrogen and oxygen atoms in total. The molecule has 0 aliphatic rings. The van der Waals surface area contributed by atoms with Crippen LogP contribution in [0, 0.1) is 0 Å². The maximum Gasteiger partial charge on any atom is 0.307 e. The number of carbonyl (C=O) groups is 1. The Labute approximate surface area is 60.5 Å². The summed E-state index contributed by atoms with van der Waals surface area (Å²) in [4.78, 5) is 10.5. The third-order valence-electron chi connectivity index (χ3n) is 0.925. The van der Waals surface area contributed by atoms with Gasteiger partial charge < -0.3 is 9.47 Å². The van der Waals surface area contributed by atoms with Crippen LogP contribution in [0.1, 0.15) is 6.42 Å². The second-order valence-corrected chi connectivity index (χ2v) is 1.73. The first-order valence-corrected chi connectivity index (χ1v) is 3.10. The molecule has 0 saturated carbocycles. The lowest BCUT2D eigenvalue weighted by Gasteiger charge is -2.00. The van der Waals surface area contributed by atoms with Crippen LogP contribution in [0.2, 0.25) is 0 Å². The smallest absolute Gasteiger partial charge is 0.307 e. The molecule has 0 aromatic heterocycles. The first-order valence-electron chi connectivity index (χ1n) is 3.10. The lowest BCUT2D eigenvalue weighted by Crippen LogP contribution is -2.14. The van der Waals surface area contributed by atoms with Crippen LogP contribution in [0.25, 0.3) is 0 Å². The van der Waals surface area contributed by atoms with Crippen molar-refractivity contribution in [3.63, 3.8) is 0 Å². The first-order chi connectivity index (χ1) is 4.81. The highest BCUT2D eigenvalue weighted by Crippen LogP contribution is 1.83. The van der Waals surface area contributed by atoms with Gasteiger partial charge in [-0.3, -0.25) is 10.1 Å². The van der Waals surface area contributed by atoms with E-state index in [9.17, 15) is 4.79 Å². The lowest BCUT2D eigenvalue weighted by molar-refractivity contribution is -0.141. The number of hydrogen-bond acceptors (Lipinski definition) is 4. The average molecular weight is 147 g/mol. The molecule has 0 atom stereocenters. The highest BCUT2D eigenvalue weighted by Gasteiger charge is 1.97.